The molecule has 1 amide bonds. The van der Waals surface area contributed by atoms with Crippen LogP contribution in [0.5, 0.6) is 0 Å². The number of ketones is 1. The summed E-state index contributed by atoms with van der Waals surface area (Å²) in [5, 5.41) is 15.9. The molecule has 0 aliphatic rings. The Morgan fingerprint density at radius 3 is 2.67 bits per heavy atom. The summed E-state index contributed by atoms with van der Waals surface area (Å²) in [7, 11) is 0. The number of hydrogen-bond donors (Lipinski definition) is 2. The summed E-state index contributed by atoms with van der Waals surface area (Å²) in [5.41, 5.74) is 2.25. The molecule has 0 fully saturated rings. The van der Waals surface area contributed by atoms with Crippen LogP contribution in [0.1, 0.15) is 17.3 Å². The number of fused-ring (bicyclic) bond motifs is 1. The Labute approximate surface area is 156 Å². The summed E-state index contributed by atoms with van der Waals surface area (Å²) < 4.78 is 0. The highest BCUT2D eigenvalue weighted by molar-refractivity contribution is 6.07. The molecule has 0 aliphatic heterocycles. The number of benzene rings is 2. The molecule has 0 bridgehead atoms. The van der Waals surface area contributed by atoms with E-state index < -0.39 is 5.91 Å². The first-order valence-corrected chi connectivity index (χ1v) is 8.21. The summed E-state index contributed by atoms with van der Waals surface area (Å²) in [6.07, 6.45) is 3.02. The van der Waals surface area contributed by atoms with Crippen molar-refractivity contribution < 1.29 is 9.59 Å². The van der Waals surface area contributed by atoms with Crippen LogP contribution in [0.15, 0.2) is 72.6 Å². The molecule has 2 N–H and O–H groups in total. The van der Waals surface area contributed by atoms with E-state index in [0.29, 0.717) is 16.9 Å². The Hall–Kier alpha value is -3.98. The van der Waals surface area contributed by atoms with E-state index in [2.05, 4.69) is 15.6 Å². The first-order chi connectivity index (χ1) is 13.1. The van der Waals surface area contributed by atoms with Crippen molar-refractivity contribution in [1.29, 1.82) is 5.26 Å². The Balaban J connectivity index is 1.80. The average molecular weight is 356 g/mol. The molecule has 27 heavy (non-hydrogen) atoms. The highest BCUT2D eigenvalue weighted by Gasteiger charge is 2.11. The van der Waals surface area contributed by atoms with E-state index in [1.807, 2.05) is 36.4 Å². The maximum atomic E-state index is 12.4. The van der Waals surface area contributed by atoms with Crippen LogP contribution in [0.3, 0.4) is 0 Å². The third-order valence-electron chi connectivity index (χ3n) is 3.90. The van der Waals surface area contributed by atoms with Crippen LogP contribution in [0.25, 0.3) is 10.9 Å². The standard InChI is InChI=1S/C21H16N4O2/c1-14(26)16-6-2-8-18(11-16)25-21(27)17(12-22)13-24-19-9-3-5-15-7-4-10-23-20(15)19/h2-11,13,24H,1H3,(H,25,27)/b17-13-. The van der Waals surface area contributed by atoms with Gasteiger partial charge in [-0.15, -0.1) is 0 Å². The number of nitrogens with one attached hydrogen (secondary N) is 2. The van der Waals surface area contributed by atoms with Crippen LogP contribution in [0, 0.1) is 11.3 Å². The number of para-hydroxylation sites is 1. The number of Topliss-reactive ketones (excluding diaryl/α,β-unsaturated/α-hetero) is 1. The minimum atomic E-state index is -0.570. The number of hydrogen-bond acceptors (Lipinski definition) is 5. The first kappa shape index (κ1) is 17.8. The lowest BCUT2D eigenvalue weighted by Gasteiger charge is -2.07. The molecule has 1 heterocycles. The zero-order chi connectivity index (χ0) is 19.2. The SMILES string of the molecule is CC(=O)c1cccc(NC(=O)/C(C#N)=C\Nc2cccc3cccnc23)c1. The minimum Gasteiger partial charge on any atom is -0.358 e. The highest BCUT2D eigenvalue weighted by Crippen LogP contribution is 2.21. The molecule has 6 nitrogen and oxygen atoms in total. The van der Waals surface area contributed by atoms with E-state index in [1.54, 1.807) is 30.5 Å². The summed E-state index contributed by atoms with van der Waals surface area (Å²) in [6.45, 7) is 1.45. The smallest absolute Gasteiger partial charge is 0.267 e. The number of rotatable bonds is 5. The Morgan fingerprint density at radius 2 is 1.89 bits per heavy atom. The number of anilines is 2. The van der Waals surface area contributed by atoms with Crippen LogP contribution in [-0.4, -0.2) is 16.7 Å². The van der Waals surface area contributed by atoms with Gasteiger partial charge in [-0.3, -0.25) is 14.6 Å². The molecule has 3 aromatic rings. The van der Waals surface area contributed by atoms with E-state index in [0.717, 1.165) is 10.9 Å². The molecule has 0 aliphatic carbocycles. The van der Waals surface area contributed by atoms with E-state index in [9.17, 15) is 14.9 Å². The fourth-order valence-electron chi connectivity index (χ4n) is 2.53. The van der Waals surface area contributed by atoms with Gasteiger partial charge in [0.1, 0.15) is 11.6 Å². The number of aromatic nitrogens is 1. The van der Waals surface area contributed by atoms with Crippen LogP contribution in [0.2, 0.25) is 0 Å². The molecule has 2 aromatic carbocycles. The summed E-state index contributed by atoms with van der Waals surface area (Å²) >= 11 is 0. The van der Waals surface area contributed by atoms with E-state index >= 15 is 0 Å². The van der Waals surface area contributed by atoms with Crippen molar-refractivity contribution in [3.63, 3.8) is 0 Å². The van der Waals surface area contributed by atoms with Gasteiger partial charge in [0.25, 0.3) is 5.91 Å². The molecular weight excluding hydrogens is 340 g/mol. The number of nitriles is 1. The largest absolute Gasteiger partial charge is 0.358 e. The van der Waals surface area contributed by atoms with Gasteiger partial charge in [0, 0.05) is 29.0 Å². The normalized spacial score (nSPS) is 10.9. The lowest BCUT2D eigenvalue weighted by atomic mass is 10.1. The van der Waals surface area contributed by atoms with Gasteiger partial charge >= 0.3 is 0 Å². The van der Waals surface area contributed by atoms with Crippen molar-refractivity contribution in [2.45, 2.75) is 6.92 Å². The quantitative estimate of drug-likeness (QED) is 0.411. The van der Waals surface area contributed by atoms with Crippen LogP contribution >= 0.6 is 0 Å². The number of carbonyl (C=O) groups is 2. The van der Waals surface area contributed by atoms with Crippen molar-refractivity contribution in [3.05, 3.63) is 78.1 Å². The van der Waals surface area contributed by atoms with Crippen molar-refractivity contribution in [2.24, 2.45) is 0 Å². The van der Waals surface area contributed by atoms with Gasteiger partial charge in [-0.1, -0.05) is 30.3 Å². The lowest BCUT2D eigenvalue weighted by molar-refractivity contribution is -0.112. The molecule has 3 rings (SSSR count). The number of nitrogens with zero attached hydrogens (tertiary/aromatic N) is 2. The molecule has 0 saturated carbocycles. The molecule has 0 saturated heterocycles. The second-order valence-electron chi connectivity index (χ2n) is 5.79. The number of amides is 1. The first-order valence-electron chi connectivity index (χ1n) is 8.21. The van der Waals surface area contributed by atoms with E-state index in [4.69, 9.17) is 0 Å². The topological polar surface area (TPSA) is 94.9 Å². The van der Waals surface area contributed by atoms with Gasteiger partial charge < -0.3 is 10.6 Å². The second kappa shape index (κ2) is 7.93. The van der Waals surface area contributed by atoms with E-state index in [1.165, 1.54) is 13.1 Å². The third-order valence-corrected chi connectivity index (χ3v) is 3.90. The summed E-state index contributed by atoms with van der Waals surface area (Å²) in [5.74, 6) is -0.675. The van der Waals surface area contributed by atoms with Crippen LogP contribution in [0.4, 0.5) is 11.4 Å². The molecular formula is C21H16N4O2. The van der Waals surface area contributed by atoms with Crippen molar-refractivity contribution in [3.8, 4) is 6.07 Å². The van der Waals surface area contributed by atoms with Gasteiger partial charge in [0.05, 0.1) is 11.2 Å². The molecule has 6 heteroatoms. The zero-order valence-corrected chi connectivity index (χ0v) is 14.6. The Morgan fingerprint density at radius 1 is 1.11 bits per heavy atom. The predicted molar refractivity (Wildman–Crippen MR) is 104 cm³/mol. The maximum Gasteiger partial charge on any atom is 0.267 e. The molecule has 0 radical (unpaired) electrons. The molecule has 1 aromatic heterocycles. The maximum absolute atomic E-state index is 12.4. The van der Waals surface area contributed by atoms with Gasteiger partial charge in [-0.2, -0.15) is 5.26 Å². The number of carbonyl (C=O) groups excluding carboxylic acids is 2. The highest BCUT2D eigenvalue weighted by atomic mass is 16.1. The van der Waals surface area contributed by atoms with Gasteiger partial charge in [-0.05, 0) is 31.2 Å². The molecule has 132 valence electrons. The van der Waals surface area contributed by atoms with Crippen molar-refractivity contribution in [2.75, 3.05) is 10.6 Å². The fourth-order valence-corrected chi connectivity index (χ4v) is 2.53. The van der Waals surface area contributed by atoms with Gasteiger partial charge in [0.2, 0.25) is 0 Å². The van der Waals surface area contributed by atoms with Crippen molar-refractivity contribution >= 4 is 34.0 Å². The van der Waals surface area contributed by atoms with Crippen LogP contribution in [-0.2, 0) is 4.79 Å². The Kier molecular flexibility index (Phi) is 5.24. The monoisotopic (exact) mass is 356 g/mol. The van der Waals surface area contributed by atoms with Crippen molar-refractivity contribution in [1.82, 2.24) is 4.98 Å². The van der Waals surface area contributed by atoms with E-state index in [-0.39, 0.29) is 11.4 Å². The fraction of sp³-hybridized carbons (Fsp3) is 0.0476. The van der Waals surface area contributed by atoms with Gasteiger partial charge in [-0.25, -0.2) is 0 Å². The summed E-state index contributed by atoms with van der Waals surface area (Å²) in [4.78, 5) is 28.1. The average Bonchev–Trinajstić information content (AvgIpc) is 2.68. The second-order valence-corrected chi connectivity index (χ2v) is 5.79. The molecule has 0 atom stereocenters. The summed E-state index contributed by atoms with van der Waals surface area (Å²) in [6, 6.07) is 17.8. The minimum absolute atomic E-state index is 0.101. The lowest BCUT2D eigenvalue weighted by Crippen LogP contribution is -2.15. The molecule has 0 spiro atoms. The zero-order valence-electron chi connectivity index (χ0n) is 14.6. The third kappa shape index (κ3) is 4.17. The van der Waals surface area contributed by atoms with Crippen LogP contribution < -0.4 is 10.6 Å². The van der Waals surface area contributed by atoms with Gasteiger partial charge in [0.15, 0.2) is 5.78 Å². The Bertz CT molecular complexity index is 1090. The number of pyridine rings is 1. The predicted octanol–water partition coefficient (Wildman–Crippen LogP) is 3.90. The molecule has 0 unspecified atom stereocenters.